The summed E-state index contributed by atoms with van der Waals surface area (Å²) in [5.41, 5.74) is 1.50. The van der Waals surface area contributed by atoms with E-state index in [1.807, 2.05) is 6.07 Å². The van der Waals surface area contributed by atoms with Gasteiger partial charge < -0.3 is 0 Å². The van der Waals surface area contributed by atoms with Crippen LogP contribution >= 0.6 is 11.6 Å². The number of hydrogen-bond donors (Lipinski definition) is 0. The molecule has 1 atom stereocenters. The quantitative estimate of drug-likeness (QED) is 0.803. The molecular weight excluding hydrogens is 334 g/mol. The molecule has 0 amide bonds. The lowest BCUT2D eigenvalue weighted by Gasteiger charge is -2.29. The van der Waals surface area contributed by atoms with Gasteiger partial charge in [0, 0.05) is 24.0 Å². The lowest BCUT2D eigenvalue weighted by atomic mass is 10.0. The fraction of sp³-hybridized carbons (Fsp3) is 0.250. The molecule has 0 unspecified atom stereocenters. The van der Waals surface area contributed by atoms with Crippen molar-refractivity contribution >= 4 is 21.6 Å². The minimum Gasteiger partial charge on any atom is -0.264 e. The topological polar surface area (TPSA) is 74.1 Å². The first-order valence-corrected chi connectivity index (χ1v) is 9.00. The zero-order valence-corrected chi connectivity index (χ0v) is 14.1. The monoisotopic (exact) mass is 349 g/mol. The second kappa shape index (κ2) is 7.55. The van der Waals surface area contributed by atoms with E-state index in [1.165, 1.54) is 4.31 Å². The van der Waals surface area contributed by atoms with Crippen LogP contribution in [0, 0.1) is 11.3 Å². The highest BCUT2D eigenvalue weighted by atomic mass is 35.5. The summed E-state index contributed by atoms with van der Waals surface area (Å²) >= 11 is 5.93. The second-order valence-corrected chi connectivity index (χ2v) is 7.22. The molecule has 2 rings (SSSR count). The predicted octanol–water partition coefficient (Wildman–Crippen LogP) is 3.00. The Hall–Kier alpha value is -1.94. The molecule has 0 saturated heterocycles. The maximum atomic E-state index is 12.5. The smallest absolute Gasteiger partial charge is 0.228 e. The van der Waals surface area contributed by atoms with Gasteiger partial charge in [0.2, 0.25) is 10.0 Å². The Morgan fingerprint density at radius 3 is 2.48 bits per heavy atom. The lowest BCUT2D eigenvalue weighted by molar-refractivity contribution is 0.376. The number of rotatable bonds is 6. The highest BCUT2D eigenvalue weighted by molar-refractivity contribution is 7.89. The molecule has 0 aliphatic carbocycles. The number of sulfonamides is 1. The minimum atomic E-state index is -3.72. The van der Waals surface area contributed by atoms with Crippen molar-refractivity contribution in [1.82, 2.24) is 9.29 Å². The molecule has 1 aromatic carbocycles. The van der Waals surface area contributed by atoms with E-state index < -0.39 is 21.8 Å². The zero-order valence-electron chi connectivity index (χ0n) is 12.6. The molecule has 120 valence electrons. The van der Waals surface area contributed by atoms with Crippen LogP contribution in [0.2, 0.25) is 5.02 Å². The van der Waals surface area contributed by atoms with Gasteiger partial charge in [-0.3, -0.25) is 4.98 Å². The van der Waals surface area contributed by atoms with E-state index in [-0.39, 0.29) is 6.54 Å². The van der Waals surface area contributed by atoms with Crippen LogP contribution in [0.3, 0.4) is 0 Å². The summed E-state index contributed by atoms with van der Waals surface area (Å²) in [6.07, 6.45) is 3.26. The van der Waals surface area contributed by atoms with Gasteiger partial charge in [-0.2, -0.15) is 9.57 Å². The van der Waals surface area contributed by atoms with Crippen LogP contribution in [0.15, 0.2) is 48.8 Å². The molecule has 1 aromatic heterocycles. The van der Waals surface area contributed by atoms with Crippen molar-refractivity contribution in [3.8, 4) is 6.07 Å². The van der Waals surface area contributed by atoms with Crippen LogP contribution in [-0.4, -0.2) is 30.0 Å². The summed E-state index contributed by atoms with van der Waals surface area (Å²) in [7, 11) is -3.72. The molecular formula is C16H16ClN3O2S. The highest BCUT2D eigenvalue weighted by Gasteiger charge is 2.31. The molecule has 2 aromatic rings. The van der Waals surface area contributed by atoms with Crippen molar-refractivity contribution < 1.29 is 8.42 Å². The molecule has 0 radical (unpaired) electrons. The van der Waals surface area contributed by atoms with E-state index in [1.54, 1.807) is 55.7 Å². The Morgan fingerprint density at radius 2 is 1.96 bits per heavy atom. The Labute approximate surface area is 141 Å². The lowest BCUT2D eigenvalue weighted by Crippen LogP contribution is -2.36. The van der Waals surface area contributed by atoms with Crippen LogP contribution in [0.5, 0.6) is 0 Å². The summed E-state index contributed by atoms with van der Waals surface area (Å²) < 4.78 is 26.3. The SMILES string of the molecule is CCN([C@H](c1ccc(Cl)cc1)c1cccnc1)S(=O)(=O)CC#N. The third kappa shape index (κ3) is 4.08. The zero-order chi connectivity index (χ0) is 16.9. The maximum absolute atomic E-state index is 12.5. The molecule has 23 heavy (non-hydrogen) atoms. The van der Waals surface area contributed by atoms with Crippen molar-refractivity contribution in [1.29, 1.82) is 5.26 Å². The molecule has 0 bridgehead atoms. The van der Waals surface area contributed by atoms with E-state index in [2.05, 4.69) is 4.98 Å². The average molecular weight is 350 g/mol. The van der Waals surface area contributed by atoms with E-state index in [0.29, 0.717) is 5.02 Å². The van der Waals surface area contributed by atoms with E-state index in [4.69, 9.17) is 16.9 Å². The number of hydrogen-bond acceptors (Lipinski definition) is 4. The summed E-state index contributed by atoms with van der Waals surface area (Å²) in [4.78, 5) is 4.08. The van der Waals surface area contributed by atoms with E-state index in [0.717, 1.165) is 11.1 Å². The Balaban J connectivity index is 2.57. The summed E-state index contributed by atoms with van der Waals surface area (Å²) in [6, 6.07) is 11.7. The molecule has 0 N–H and O–H groups in total. The van der Waals surface area contributed by atoms with Crippen LogP contribution in [0.1, 0.15) is 24.1 Å². The number of benzene rings is 1. The molecule has 0 spiro atoms. The molecule has 1 heterocycles. The second-order valence-electron chi connectivity index (χ2n) is 4.86. The number of nitriles is 1. The first-order chi connectivity index (χ1) is 11.0. The summed E-state index contributed by atoms with van der Waals surface area (Å²) in [6.45, 7) is 1.99. The Morgan fingerprint density at radius 1 is 1.26 bits per heavy atom. The third-order valence-corrected chi connectivity index (χ3v) is 5.32. The average Bonchev–Trinajstić information content (AvgIpc) is 2.54. The number of pyridine rings is 1. The van der Waals surface area contributed by atoms with Gasteiger partial charge in [0.25, 0.3) is 0 Å². The van der Waals surface area contributed by atoms with Gasteiger partial charge in [-0.05, 0) is 29.3 Å². The minimum absolute atomic E-state index is 0.242. The standard InChI is InChI=1S/C16H16ClN3O2S/c1-2-20(23(21,22)11-9-18)16(14-4-3-10-19-12-14)13-5-7-15(17)8-6-13/h3-8,10,12,16H,2,11H2,1H3/t16-/m1/s1. The predicted molar refractivity (Wildman–Crippen MR) is 89.3 cm³/mol. The van der Waals surface area contributed by atoms with Gasteiger partial charge in [0.15, 0.2) is 5.75 Å². The highest BCUT2D eigenvalue weighted by Crippen LogP contribution is 2.31. The van der Waals surface area contributed by atoms with Gasteiger partial charge in [0.05, 0.1) is 12.1 Å². The van der Waals surface area contributed by atoms with Gasteiger partial charge >= 0.3 is 0 Å². The fourth-order valence-corrected chi connectivity index (χ4v) is 3.83. The van der Waals surface area contributed by atoms with Crippen LogP contribution in [0.25, 0.3) is 0 Å². The maximum Gasteiger partial charge on any atom is 0.228 e. The molecule has 0 aliphatic rings. The van der Waals surface area contributed by atoms with Crippen LogP contribution < -0.4 is 0 Å². The molecule has 7 heteroatoms. The largest absolute Gasteiger partial charge is 0.264 e. The fourth-order valence-electron chi connectivity index (χ4n) is 2.41. The third-order valence-electron chi connectivity index (χ3n) is 3.39. The summed E-state index contributed by atoms with van der Waals surface area (Å²) in [5.74, 6) is -0.564. The number of aromatic nitrogens is 1. The van der Waals surface area contributed by atoms with E-state index >= 15 is 0 Å². The molecule has 5 nitrogen and oxygen atoms in total. The van der Waals surface area contributed by atoms with Crippen LogP contribution in [-0.2, 0) is 10.0 Å². The van der Waals surface area contributed by atoms with Crippen molar-refractivity contribution in [2.75, 3.05) is 12.3 Å². The normalized spacial score (nSPS) is 12.8. The molecule has 0 aliphatic heterocycles. The van der Waals surface area contributed by atoms with Gasteiger partial charge in [0.1, 0.15) is 0 Å². The first kappa shape index (κ1) is 17.4. The number of nitrogens with zero attached hydrogens (tertiary/aromatic N) is 3. The van der Waals surface area contributed by atoms with Crippen molar-refractivity contribution in [2.45, 2.75) is 13.0 Å². The molecule has 0 fully saturated rings. The van der Waals surface area contributed by atoms with E-state index in [9.17, 15) is 8.42 Å². The number of halogens is 1. The van der Waals surface area contributed by atoms with Gasteiger partial charge in [-0.15, -0.1) is 0 Å². The first-order valence-electron chi connectivity index (χ1n) is 7.01. The van der Waals surface area contributed by atoms with Gasteiger partial charge in [-0.1, -0.05) is 36.7 Å². The summed E-state index contributed by atoms with van der Waals surface area (Å²) in [5, 5.41) is 9.39. The van der Waals surface area contributed by atoms with Crippen molar-refractivity contribution in [3.05, 3.63) is 64.9 Å². The van der Waals surface area contributed by atoms with Gasteiger partial charge in [-0.25, -0.2) is 8.42 Å². The molecule has 0 saturated carbocycles. The van der Waals surface area contributed by atoms with Crippen molar-refractivity contribution in [2.24, 2.45) is 0 Å². The Bertz CT molecular complexity index is 786. The van der Waals surface area contributed by atoms with Crippen molar-refractivity contribution in [3.63, 3.8) is 0 Å². The Kier molecular flexibility index (Phi) is 5.72. The van der Waals surface area contributed by atoms with Crippen LogP contribution in [0.4, 0.5) is 0 Å².